The molecular weight excluding hydrogens is 236 g/mol. The molecular formula is C13H16O5. The zero-order chi connectivity index (χ0) is 13.5. The van der Waals surface area contributed by atoms with Gasteiger partial charge >= 0.3 is 0 Å². The minimum Gasteiger partial charge on any atom is -0.493 e. The molecule has 0 radical (unpaired) electrons. The maximum Gasteiger partial charge on any atom is 0.207 e. The van der Waals surface area contributed by atoms with Crippen molar-refractivity contribution in [3.8, 4) is 23.0 Å². The van der Waals surface area contributed by atoms with Crippen LogP contribution in [0.2, 0.25) is 0 Å². The zero-order valence-electron chi connectivity index (χ0n) is 10.9. The molecule has 5 nitrogen and oxygen atoms in total. The van der Waals surface area contributed by atoms with E-state index in [0.717, 1.165) is 0 Å². The lowest BCUT2D eigenvalue weighted by molar-refractivity contribution is -0.104. The Balaban J connectivity index is 3.52. The molecule has 98 valence electrons. The van der Waals surface area contributed by atoms with Crippen LogP contribution in [-0.4, -0.2) is 34.7 Å². The lowest BCUT2D eigenvalue weighted by atomic mass is 10.1. The van der Waals surface area contributed by atoms with E-state index in [1.807, 2.05) is 0 Å². The summed E-state index contributed by atoms with van der Waals surface area (Å²) >= 11 is 0. The van der Waals surface area contributed by atoms with Crippen molar-refractivity contribution in [2.45, 2.75) is 0 Å². The van der Waals surface area contributed by atoms with Gasteiger partial charge in [0, 0.05) is 5.56 Å². The molecule has 18 heavy (non-hydrogen) atoms. The molecule has 0 aliphatic heterocycles. The van der Waals surface area contributed by atoms with Crippen molar-refractivity contribution >= 4 is 12.4 Å². The van der Waals surface area contributed by atoms with Crippen LogP contribution in [0.25, 0.3) is 6.08 Å². The summed E-state index contributed by atoms with van der Waals surface area (Å²) in [6, 6.07) is 1.71. The number of ether oxygens (including phenoxy) is 4. The number of allylic oxidation sites excluding steroid dienone is 1. The van der Waals surface area contributed by atoms with Gasteiger partial charge in [0.15, 0.2) is 11.5 Å². The van der Waals surface area contributed by atoms with Gasteiger partial charge in [-0.2, -0.15) is 0 Å². The second-order valence-corrected chi connectivity index (χ2v) is 3.26. The predicted molar refractivity (Wildman–Crippen MR) is 67.7 cm³/mol. The van der Waals surface area contributed by atoms with Gasteiger partial charge in [-0.05, 0) is 18.2 Å². The lowest BCUT2D eigenvalue weighted by Gasteiger charge is -2.17. The summed E-state index contributed by atoms with van der Waals surface area (Å²) in [4.78, 5) is 10.4. The van der Waals surface area contributed by atoms with Crippen molar-refractivity contribution in [3.63, 3.8) is 0 Å². The van der Waals surface area contributed by atoms with E-state index in [2.05, 4.69) is 0 Å². The number of rotatable bonds is 6. The van der Waals surface area contributed by atoms with Crippen LogP contribution in [-0.2, 0) is 4.79 Å². The van der Waals surface area contributed by atoms with Gasteiger partial charge in [0.1, 0.15) is 6.29 Å². The van der Waals surface area contributed by atoms with Crippen molar-refractivity contribution in [3.05, 3.63) is 17.7 Å². The van der Waals surface area contributed by atoms with E-state index >= 15 is 0 Å². The Morgan fingerprint density at radius 1 is 0.889 bits per heavy atom. The predicted octanol–water partition coefficient (Wildman–Crippen LogP) is 1.93. The fourth-order valence-electron chi connectivity index (χ4n) is 1.63. The maximum absolute atomic E-state index is 10.4. The molecule has 0 spiro atoms. The Morgan fingerprint density at radius 3 is 1.94 bits per heavy atom. The van der Waals surface area contributed by atoms with Gasteiger partial charge in [-0.15, -0.1) is 0 Å². The summed E-state index contributed by atoms with van der Waals surface area (Å²) in [5, 5.41) is 0. The van der Waals surface area contributed by atoms with Gasteiger partial charge in [-0.1, -0.05) is 0 Å². The van der Waals surface area contributed by atoms with Crippen LogP contribution >= 0.6 is 0 Å². The SMILES string of the molecule is COc1cc(C=CC=O)c(OC)c(OC)c1OC. The van der Waals surface area contributed by atoms with Crippen LogP contribution in [0.5, 0.6) is 23.0 Å². The standard InChI is InChI=1S/C13H16O5/c1-15-10-8-9(6-5-7-14)11(16-2)13(18-4)12(10)17-3/h5-8H,1-4H3. The van der Waals surface area contributed by atoms with Gasteiger partial charge in [-0.3, -0.25) is 4.79 Å². The third-order valence-corrected chi connectivity index (χ3v) is 2.37. The van der Waals surface area contributed by atoms with Crippen LogP contribution in [0.4, 0.5) is 0 Å². The van der Waals surface area contributed by atoms with Crippen molar-refractivity contribution in [2.24, 2.45) is 0 Å². The molecule has 0 saturated heterocycles. The number of aldehydes is 1. The smallest absolute Gasteiger partial charge is 0.207 e. The summed E-state index contributed by atoms with van der Waals surface area (Å²) in [5.74, 6) is 1.85. The highest BCUT2D eigenvalue weighted by molar-refractivity contribution is 5.78. The van der Waals surface area contributed by atoms with Crippen LogP contribution < -0.4 is 18.9 Å². The number of hydrogen-bond donors (Lipinski definition) is 0. The number of benzene rings is 1. The molecule has 0 N–H and O–H groups in total. The van der Waals surface area contributed by atoms with Gasteiger partial charge in [-0.25, -0.2) is 0 Å². The molecule has 0 aromatic heterocycles. The molecule has 0 aliphatic carbocycles. The van der Waals surface area contributed by atoms with E-state index in [1.165, 1.54) is 34.5 Å². The minimum atomic E-state index is 0.421. The molecule has 5 heteroatoms. The largest absolute Gasteiger partial charge is 0.493 e. The third kappa shape index (κ3) is 2.56. The second kappa shape index (κ2) is 6.54. The van der Waals surface area contributed by atoms with E-state index in [9.17, 15) is 4.79 Å². The Bertz CT molecular complexity index is 451. The Hall–Kier alpha value is -2.17. The molecule has 0 saturated carbocycles. The molecule has 0 fully saturated rings. The van der Waals surface area contributed by atoms with E-state index in [-0.39, 0.29) is 0 Å². The average Bonchev–Trinajstić information content (AvgIpc) is 2.42. The van der Waals surface area contributed by atoms with Gasteiger partial charge in [0.05, 0.1) is 28.4 Å². The molecule has 1 aromatic carbocycles. The molecule has 0 unspecified atom stereocenters. The molecule has 0 amide bonds. The van der Waals surface area contributed by atoms with Crippen LogP contribution in [0.15, 0.2) is 12.1 Å². The molecule has 1 aromatic rings. The van der Waals surface area contributed by atoms with Gasteiger partial charge in [0.25, 0.3) is 0 Å². The highest BCUT2D eigenvalue weighted by Crippen LogP contribution is 2.46. The first-order valence-electron chi connectivity index (χ1n) is 5.22. The van der Waals surface area contributed by atoms with E-state index in [0.29, 0.717) is 34.8 Å². The molecule has 0 atom stereocenters. The Labute approximate surface area is 106 Å². The van der Waals surface area contributed by atoms with Crippen LogP contribution in [0.1, 0.15) is 5.56 Å². The molecule has 0 bridgehead atoms. The summed E-state index contributed by atoms with van der Waals surface area (Å²) in [6.45, 7) is 0. The third-order valence-electron chi connectivity index (χ3n) is 2.37. The Kier molecular flexibility index (Phi) is 5.05. The zero-order valence-corrected chi connectivity index (χ0v) is 10.9. The number of methoxy groups -OCH3 is 4. The van der Waals surface area contributed by atoms with Crippen LogP contribution in [0, 0.1) is 0 Å². The first-order valence-corrected chi connectivity index (χ1v) is 5.22. The normalized spacial score (nSPS) is 10.2. The van der Waals surface area contributed by atoms with E-state index in [1.54, 1.807) is 12.1 Å². The number of carbonyl (C=O) groups is 1. The summed E-state index contributed by atoms with van der Waals surface area (Å²) < 4.78 is 21.0. The second-order valence-electron chi connectivity index (χ2n) is 3.26. The number of hydrogen-bond acceptors (Lipinski definition) is 5. The molecule has 0 aliphatic rings. The van der Waals surface area contributed by atoms with Crippen molar-refractivity contribution in [1.82, 2.24) is 0 Å². The fraction of sp³-hybridized carbons (Fsp3) is 0.308. The van der Waals surface area contributed by atoms with Gasteiger partial charge < -0.3 is 18.9 Å². The summed E-state index contributed by atoms with van der Waals surface area (Å²) in [6.07, 6.45) is 3.65. The first-order chi connectivity index (χ1) is 8.73. The minimum absolute atomic E-state index is 0.421. The van der Waals surface area contributed by atoms with Gasteiger partial charge in [0.2, 0.25) is 11.5 Å². The van der Waals surface area contributed by atoms with E-state index < -0.39 is 0 Å². The molecule has 0 heterocycles. The van der Waals surface area contributed by atoms with Crippen molar-refractivity contribution < 1.29 is 23.7 Å². The monoisotopic (exact) mass is 252 g/mol. The van der Waals surface area contributed by atoms with Crippen molar-refractivity contribution in [2.75, 3.05) is 28.4 Å². The first kappa shape index (κ1) is 13.9. The average molecular weight is 252 g/mol. The fourth-order valence-corrected chi connectivity index (χ4v) is 1.63. The van der Waals surface area contributed by atoms with Crippen LogP contribution in [0.3, 0.4) is 0 Å². The molecule has 1 rings (SSSR count). The topological polar surface area (TPSA) is 54.0 Å². The van der Waals surface area contributed by atoms with E-state index in [4.69, 9.17) is 18.9 Å². The highest BCUT2D eigenvalue weighted by atomic mass is 16.5. The van der Waals surface area contributed by atoms with Crippen molar-refractivity contribution in [1.29, 1.82) is 0 Å². The quantitative estimate of drug-likeness (QED) is 0.572. The Morgan fingerprint density at radius 2 is 1.50 bits per heavy atom. The summed E-state index contributed by atoms with van der Waals surface area (Å²) in [5.41, 5.74) is 0.666. The highest BCUT2D eigenvalue weighted by Gasteiger charge is 2.20. The lowest BCUT2D eigenvalue weighted by Crippen LogP contribution is -1.99. The number of carbonyl (C=O) groups excluding carboxylic acids is 1. The summed E-state index contributed by atoms with van der Waals surface area (Å²) in [7, 11) is 6.06. The maximum atomic E-state index is 10.4.